The van der Waals surface area contributed by atoms with Gasteiger partial charge in [0.15, 0.2) is 0 Å². The molecule has 0 atom stereocenters. The van der Waals surface area contributed by atoms with E-state index in [0.717, 1.165) is 12.0 Å². The maximum Gasteiger partial charge on any atom is 0.131 e. The molecule has 2 aromatic carbocycles. The van der Waals surface area contributed by atoms with Gasteiger partial charge < -0.3 is 10.5 Å². The molecule has 2 aromatic rings. The monoisotopic (exact) mass is 309 g/mol. The lowest BCUT2D eigenvalue weighted by Gasteiger charge is -2.07. The molecule has 2 N–H and O–H groups in total. The van der Waals surface area contributed by atoms with Gasteiger partial charge in [0.25, 0.3) is 0 Å². The van der Waals surface area contributed by atoms with E-state index >= 15 is 0 Å². The SMILES string of the molecule is NCCc1ccc(Oc2cc(F)cc(Br)c2)cc1. The lowest BCUT2D eigenvalue weighted by molar-refractivity contribution is 0.476. The van der Waals surface area contributed by atoms with Crippen LogP contribution < -0.4 is 10.5 Å². The lowest BCUT2D eigenvalue weighted by atomic mass is 10.1. The number of rotatable bonds is 4. The van der Waals surface area contributed by atoms with E-state index in [2.05, 4.69) is 15.9 Å². The Labute approximate surface area is 114 Å². The molecule has 0 aliphatic heterocycles. The quantitative estimate of drug-likeness (QED) is 0.930. The van der Waals surface area contributed by atoms with Gasteiger partial charge in [0, 0.05) is 10.5 Å². The van der Waals surface area contributed by atoms with Crippen LogP contribution in [0.15, 0.2) is 46.9 Å². The summed E-state index contributed by atoms with van der Waals surface area (Å²) in [6, 6.07) is 12.1. The molecule has 0 aromatic heterocycles. The molecule has 0 unspecified atom stereocenters. The van der Waals surface area contributed by atoms with E-state index in [4.69, 9.17) is 10.5 Å². The Kier molecular flexibility index (Phi) is 4.33. The van der Waals surface area contributed by atoms with Crippen LogP contribution in [0.4, 0.5) is 4.39 Å². The fraction of sp³-hybridized carbons (Fsp3) is 0.143. The van der Waals surface area contributed by atoms with Gasteiger partial charge in [0.2, 0.25) is 0 Å². The highest BCUT2D eigenvalue weighted by Crippen LogP contribution is 2.26. The number of benzene rings is 2. The molecule has 0 saturated carbocycles. The van der Waals surface area contributed by atoms with Crippen LogP contribution in [-0.4, -0.2) is 6.54 Å². The molecule has 18 heavy (non-hydrogen) atoms. The van der Waals surface area contributed by atoms with Crippen molar-refractivity contribution in [2.75, 3.05) is 6.54 Å². The average molecular weight is 310 g/mol. The van der Waals surface area contributed by atoms with Crippen LogP contribution in [0.1, 0.15) is 5.56 Å². The molecular weight excluding hydrogens is 297 g/mol. The first-order valence-electron chi connectivity index (χ1n) is 5.60. The number of ether oxygens (including phenoxy) is 1. The summed E-state index contributed by atoms with van der Waals surface area (Å²) in [5.74, 6) is 0.806. The number of hydrogen-bond acceptors (Lipinski definition) is 2. The summed E-state index contributed by atoms with van der Waals surface area (Å²) in [4.78, 5) is 0. The predicted octanol–water partition coefficient (Wildman–Crippen LogP) is 3.88. The van der Waals surface area contributed by atoms with Crippen molar-refractivity contribution in [3.05, 3.63) is 58.3 Å². The minimum absolute atomic E-state index is 0.334. The van der Waals surface area contributed by atoms with Crippen molar-refractivity contribution in [1.82, 2.24) is 0 Å². The molecule has 0 heterocycles. The summed E-state index contributed by atoms with van der Waals surface area (Å²) in [7, 11) is 0. The average Bonchev–Trinajstić information content (AvgIpc) is 2.31. The van der Waals surface area contributed by atoms with Gasteiger partial charge in [-0.05, 0) is 42.8 Å². The van der Waals surface area contributed by atoms with Crippen LogP contribution in [0.2, 0.25) is 0 Å². The van der Waals surface area contributed by atoms with E-state index in [1.807, 2.05) is 24.3 Å². The Morgan fingerprint density at radius 1 is 1.06 bits per heavy atom. The van der Waals surface area contributed by atoms with E-state index < -0.39 is 0 Å². The van der Waals surface area contributed by atoms with Crippen molar-refractivity contribution in [3.63, 3.8) is 0 Å². The van der Waals surface area contributed by atoms with Crippen LogP contribution in [0.3, 0.4) is 0 Å². The molecule has 0 spiro atoms. The second kappa shape index (κ2) is 5.98. The first kappa shape index (κ1) is 13.1. The summed E-state index contributed by atoms with van der Waals surface area (Å²) in [6.07, 6.45) is 0.839. The van der Waals surface area contributed by atoms with Crippen molar-refractivity contribution >= 4 is 15.9 Å². The van der Waals surface area contributed by atoms with Gasteiger partial charge in [-0.3, -0.25) is 0 Å². The lowest BCUT2D eigenvalue weighted by Crippen LogP contribution is -2.02. The Bertz CT molecular complexity index is 508. The fourth-order valence-electron chi connectivity index (χ4n) is 1.61. The van der Waals surface area contributed by atoms with E-state index in [-0.39, 0.29) is 5.82 Å². The Balaban J connectivity index is 2.13. The van der Waals surface area contributed by atoms with E-state index in [1.54, 1.807) is 6.07 Å². The van der Waals surface area contributed by atoms with Gasteiger partial charge in [-0.1, -0.05) is 28.1 Å². The summed E-state index contributed by atoms with van der Waals surface area (Å²) in [6.45, 7) is 0.622. The van der Waals surface area contributed by atoms with Crippen LogP contribution in [-0.2, 0) is 6.42 Å². The third kappa shape index (κ3) is 3.55. The van der Waals surface area contributed by atoms with Crippen molar-refractivity contribution in [2.24, 2.45) is 5.73 Å². The molecule has 2 rings (SSSR count). The first-order chi connectivity index (χ1) is 8.67. The van der Waals surface area contributed by atoms with Crippen LogP contribution in [0.25, 0.3) is 0 Å². The molecule has 0 aliphatic rings. The zero-order valence-corrected chi connectivity index (χ0v) is 11.3. The minimum Gasteiger partial charge on any atom is -0.457 e. The highest BCUT2D eigenvalue weighted by molar-refractivity contribution is 9.10. The summed E-state index contributed by atoms with van der Waals surface area (Å²) >= 11 is 3.22. The van der Waals surface area contributed by atoms with E-state index in [9.17, 15) is 4.39 Å². The van der Waals surface area contributed by atoms with E-state index in [0.29, 0.717) is 22.5 Å². The third-order valence-electron chi connectivity index (χ3n) is 2.43. The smallest absolute Gasteiger partial charge is 0.131 e. The fourth-order valence-corrected chi connectivity index (χ4v) is 2.06. The van der Waals surface area contributed by atoms with Gasteiger partial charge in [-0.2, -0.15) is 0 Å². The molecular formula is C14H13BrFNO. The van der Waals surface area contributed by atoms with Crippen molar-refractivity contribution < 1.29 is 9.13 Å². The van der Waals surface area contributed by atoms with Crippen molar-refractivity contribution in [3.8, 4) is 11.5 Å². The number of nitrogens with two attached hydrogens (primary N) is 1. The first-order valence-corrected chi connectivity index (χ1v) is 6.39. The second-order valence-electron chi connectivity index (χ2n) is 3.89. The highest BCUT2D eigenvalue weighted by Gasteiger charge is 2.02. The molecule has 4 heteroatoms. The molecule has 2 nitrogen and oxygen atoms in total. The standard InChI is InChI=1S/C14H13BrFNO/c15-11-7-12(16)9-14(8-11)18-13-3-1-10(2-4-13)5-6-17/h1-4,7-9H,5-6,17H2. The Morgan fingerprint density at radius 2 is 1.78 bits per heavy atom. The van der Waals surface area contributed by atoms with Crippen molar-refractivity contribution in [2.45, 2.75) is 6.42 Å². The second-order valence-corrected chi connectivity index (χ2v) is 4.81. The number of halogens is 2. The van der Waals surface area contributed by atoms with Crippen LogP contribution in [0, 0.1) is 5.82 Å². The molecule has 0 radical (unpaired) electrons. The van der Waals surface area contributed by atoms with E-state index in [1.165, 1.54) is 12.1 Å². The zero-order valence-electron chi connectivity index (χ0n) is 9.70. The summed E-state index contributed by atoms with van der Waals surface area (Å²) in [5.41, 5.74) is 6.63. The van der Waals surface area contributed by atoms with Crippen LogP contribution >= 0.6 is 15.9 Å². The largest absolute Gasteiger partial charge is 0.457 e. The van der Waals surface area contributed by atoms with Crippen molar-refractivity contribution in [1.29, 1.82) is 0 Å². The molecule has 0 fully saturated rings. The highest BCUT2D eigenvalue weighted by atomic mass is 79.9. The van der Waals surface area contributed by atoms with Gasteiger partial charge in [-0.15, -0.1) is 0 Å². The van der Waals surface area contributed by atoms with Crippen LogP contribution in [0.5, 0.6) is 11.5 Å². The Morgan fingerprint density at radius 3 is 2.39 bits per heavy atom. The zero-order chi connectivity index (χ0) is 13.0. The molecule has 0 saturated heterocycles. The molecule has 0 amide bonds. The maximum atomic E-state index is 13.2. The topological polar surface area (TPSA) is 35.2 Å². The van der Waals surface area contributed by atoms with Gasteiger partial charge in [0.1, 0.15) is 17.3 Å². The minimum atomic E-state index is -0.334. The van der Waals surface area contributed by atoms with Gasteiger partial charge >= 0.3 is 0 Å². The molecule has 0 bridgehead atoms. The molecule has 0 aliphatic carbocycles. The number of hydrogen-bond donors (Lipinski definition) is 1. The predicted molar refractivity (Wildman–Crippen MR) is 73.4 cm³/mol. The molecule has 94 valence electrons. The maximum absolute atomic E-state index is 13.2. The normalized spacial score (nSPS) is 10.4. The summed E-state index contributed by atoms with van der Waals surface area (Å²) < 4.78 is 19.4. The Hall–Kier alpha value is -1.39. The third-order valence-corrected chi connectivity index (χ3v) is 2.89. The van der Waals surface area contributed by atoms with Gasteiger partial charge in [-0.25, -0.2) is 4.39 Å². The summed E-state index contributed by atoms with van der Waals surface area (Å²) in [5, 5.41) is 0. The van der Waals surface area contributed by atoms with Gasteiger partial charge in [0.05, 0.1) is 0 Å².